The van der Waals surface area contributed by atoms with Gasteiger partial charge >= 0.3 is 0 Å². The normalized spacial score (nSPS) is 12.2. The molecule has 152 valence electrons. The average Bonchev–Trinajstić information content (AvgIpc) is 2.75. The number of nitrogens with zero attached hydrogens (tertiary/aromatic N) is 2. The Morgan fingerprint density at radius 2 is 1.75 bits per heavy atom. The molecular weight excluding hydrogens is 352 g/mol. The molecule has 1 atom stereocenters. The van der Waals surface area contributed by atoms with E-state index in [0.717, 1.165) is 37.0 Å². The lowest BCUT2D eigenvalue weighted by atomic mass is 10.1. The smallest absolute Gasteiger partial charge is 0.191 e. The number of aliphatic imine (C=N–C) groups is 1. The number of anilines is 1. The van der Waals surface area contributed by atoms with E-state index in [0.29, 0.717) is 6.04 Å². The lowest BCUT2D eigenvalue weighted by Crippen LogP contribution is -2.45. The van der Waals surface area contributed by atoms with Crippen molar-refractivity contribution < 1.29 is 9.47 Å². The van der Waals surface area contributed by atoms with Crippen LogP contribution < -0.4 is 25.0 Å². The van der Waals surface area contributed by atoms with Crippen LogP contribution in [-0.2, 0) is 6.42 Å². The minimum absolute atomic E-state index is 0.326. The van der Waals surface area contributed by atoms with Crippen LogP contribution in [0.25, 0.3) is 0 Å². The molecule has 1 unspecified atom stereocenters. The summed E-state index contributed by atoms with van der Waals surface area (Å²) in [6.45, 7) is 3.76. The number of benzene rings is 2. The lowest BCUT2D eigenvalue weighted by Gasteiger charge is -2.27. The summed E-state index contributed by atoms with van der Waals surface area (Å²) in [6, 6.07) is 16.7. The zero-order valence-electron chi connectivity index (χ0n) is 17.5. The first-order valence-electron chi connectivity index (χ1n) is 9.52. The lowest BCUT2D eigenvalue weighted by molar-refractivity contribution is 0.354. The molecule has 28 heavy (non-hydrogen) atoms. The largest absolute Gasteiger partial charge is 0.493 e. The van der Waals surface area contributed by atoms with E-state index in [4.69, 9.17) is 9.47 Å². The van der Waals surface area contributed by atoms with Gasteiger partial charge in [-0.15, -0.1) is 0 Å². The predicted molar refractivity (Wildman–Crippen MR) is 117 cm³/mol. The van der Waals surface area contributed by atoms with E-state index in [1.807, 2.05) is 18.2 Å². The van der Waals surface area contributed by atoms with Crippen LogP contribution >= 0.6 is 0 Å². The quantitative estimate of drug-likeness (QED) is 0.514. The molecule has 0 aromatic heterocycles. The van der Waals surface area contributed by atoms with Crippen molar-refractivity contribution >= 4 is 11.6 Å². The topological polar surface area (TPSA) is 58.1 Å². The maximum Gasteiger partial charge on any atom is 0.191 e. The van der Waals surface area contributed by atoms with E-state index in [2.05, 4.69) is 64.8 Å². The molecule has 2 aromatic rings. The molecule has 0 heterocycles. The Hall–Kier alpha value is -2.89. The number of hydrogen-bond donors (Lipinski definition) is 2. The molecule has 0 saturated carbocycles. The molecule has 0 aliphatic heterocycles. The van der Waals surface area contributed by atoms with Gasteiger partial charge in [-0.05, 0) is 43.2 Å². The maximum atomic E-state index is 5.36. The molecule has 0 aliphatic rings. The highest BCUT2D eigenvalue weighted by Gasteiger charge is 2.10. The maximum absolute atomic E-state index is 5.36. The zero-order chi connectivity index (χ0) is 20.4. The third-order valence-electron chi connectivity index (χ3n) is 4.77. The number of para-hydroxylation sites is 1. The Morgan fingerprint density at radius 3 is 2.39 bits per heavy atom. The third-order valence-corrected chi connectivity index (χ3v) is 4.77. The first kappa shape index (κ1) is 21.4. The van der Waals surface area contributed by atoms with Crippen LogP contribution in [0.3, 0.4) is 0 Å². The summed E-state index contributed by atoms with van der Waals surface area (Å²) < 4.78 is 10.6. The van der Waals surface area contributed by atoms with Gasteiger partial charge < -0.3 is 25.0 Å². The minimum atomic E-state index is 0.326. The summed E-state index contributed by atoms with van der Waals surface area (Å²) in [5.74, 6) is 2.29. The van der Waals surface area contributed by atoms with Crippen molar-refractivity contribution in [3.8, 4) is 11.5 Å². The first-order chi connectivity index (χ1) is 13.6. The van der Waals surface area contributed by atoms with Crippen LogP contribution in [0.1, 0.15) is 12.5 Å². The van der Waals surface area contributed by atoms with Gasteiger partial charge in [0.1, 0.15) is 0 Å². The molecule has 6 heteroatoms. The van der Waals surface area contributed by atoms with E-state index >= 15 is 0 Å². The summed E-state index contributed by atoms with van der Waals surface area (Å²) in [6.07, 6.45) is 0.862. The summed E-state index contributed by atoms with van der Waals surface area (Å²) in [7, 11) is 7.19. The number of nitrogens with one attached hydrogen (secondary N) is 2. The third kappa shape index (κ3) is 6.08. The van der Waals surface area contributed by atoms with Gasteiger partial charge in [-0.3, -0.25) is 4.99 Å². The minimum Gasteiger partial charge on any atom is -0.493 e. The van der Waals surface area contributed by atoms with Crippen LogP contribution in [-0.4, -0.2) is 53.4 Å². The van der Waals surface area contributed by atoms with Gasteiger partial charge in [-0.25, -0.2) is 0 Å². The summed E-state index contributed by atoms with van der Waals surface area (Å²) in [5.41, 5.74) is 2.38. The zero-order valence-corrected chi connectivity index (χ0v) is 17.5. The van der Waals surface area contributed by atoms with Crippen molar-refractivity contribution in [2.45, 2.75) is 19.4 Å². The number of rotatable bonds is 9. The molecule has 0 aliphatic carbocycles. The van der Waals surface area contributed by atoms with Gasteiger partial charge in [0.05, 0.1) is 14.2 Å². The number of methoxy groups -OCH3 is 2. The van der Waals surface area contributed by atoms with Gasteiger partial charge in [0, 0.05) is 38.9 Å². The van der Waals surface area contributed by atoms with Crippen molar-refractivity contribution in [3.63, 3.8) is 0 Å². The molecular formula is C22H32N4O2. The Labute approximate surface area is 168 Å². The van der Waals surface area contributed by atoms with Crippen molar-refractivity contribution in [1.29, 1.82) is 0 Å². The molecule has 2 aromatic carbocycles. The molecule has 6 nitrogen and oxygen atoms in total. The average molecular weight is 385 g/mol. The summed E-state index contributed by atoms with van der Waals surface area (Å²) in [5, 5.41) is 6.77. The van der Waals surface area contributed by atoms with E-state index < -0.39 is 0 Å². The van der Waals surface area contributed by atoms with Gasteiger partial charge in [-0.2, -0.15) is 0 Å². The van der Waals surface area contributed by atoms with Crippen LogP contribution in [0.4, 0.5) is 5.69 Å². The molecule has 0 fully saturated rings. The van der Waals surface area contributed by atoms with E-state index in [-0.39, 0.29) is 0 Å². The molecule has 0 spiro atoms. The van der Waals surface area contributed by atoms with Crippen molar-refractivity contribution in [2.75, 3.05) is 46.3 Å². The van der Waals surface area contributed by atoms with Crippen molar-refractivity contribution in [2.24, 2.45) is 4.99 Å². The number of hydrogen-bond acceptors (Lipinski definition) is 4. The Morgan fingerprint density at radius 1 is 1.04 bits per heavy atom. The second kappa shape index (κ2) is 11.1. The van der Waals surface area contributed by atoms with E-state index in [1.54, 1.807) is 21.3 Å². The highest BCUT2D eigenvalue weighted by molar-refractivity contribution is 5.79. The van der Waals surface area contributed by atoms with Crippen LogP contribution in [0.15, 0.2) is 53.5 Å². The van der Waals surface area contributed by atoms with Crippen LogP contribution in [0.2, 0.25) is 0 Å². The fourth-order valence-electron chi connectivity index (χ4n) is 2.88. The van der Waals surface area contributed by atoms with Gasteiger partial charge in [-0.1, -0.05) is 24.3 Å². The van der Waals surface area contributed by atoms with Crippen LogP contribution in [0.5, 0.6) is 11.5 Å². The molecule has 0 saturated heterocycles. The number of guanidine groups is 1. The highest BCUT2D eigenvalue weighted by atomic mass is 16.5. The Balaban J connectivity index is 1.80. The standard InChI is InChI=1S/C22H32N4O2/c1-17(26(3)19-9-7-6-8-10-19)16-25-22(23-2)24-14-13-18-11-12-20(27-4)21(15-18)28-5/h6-12,15,17H,13-14,16H2,1-5H3,(H2,23,24,25). The van der Waals surface area contributed by atoms with Crippen molar-refractivity contribution in [3.05, 3.63) is 54.1 Å². The van der Waals surface area contributed by atoms with Crippen molar-refractivity contribution in [1.82, 2.24) is 10.6 Å². The summed E-state index contributed by atoms with van der Waals surface area (Å²) in [4.78, 5) is 6.57. The molecule has 0 radical (unpaired) electrons. The van der Waals surface area contributed by atoms with Gasteiger partial charge in [0.15, 0.2) is 17.5 Å². The Bertz CT molecular complexity index is 749. The molecule has 0 bridgehead atoms. The fraction of sp³-hybridized carbons (Fsp3) is 0.409. The monoisotopic (exact) mass is 384 g/mol. The van der Waals surface area contributed by atoms with Crippen LogP contribution in [0, 0.1) is 0 Å². The Kier molecular flexibility index (Phi) is 8.46. The molecule has 0 amide bonds. The van der Waals surface area contributed by atoms with Gasteiger partial charge in [0.25, 0.3) is 0 Å². The molecule has 2 rings (SSSR count). The van der Waals surface area contributed by atoms with E-state index in [1.165, 1.54) is 11.3 Å². The first-order valence-corrected chi connectivity index (χ1v) is 9.52. The highest BCUT2D eigenvalue weighted by Crippen LogP contribution is 2.27. The van der Waals surface area contributed by atoms with E-state index in [9.17, 15) is 0 Å². The molecule has 2 N–H and O–H groups in total. The van der Waals surface area contributed by atoms with Gasteiger partial charge in [0.2, 0.25) is 0 Å². The SMILES string of the molecule is CN=C(NCCc1ccc(OC)c(OC)c1)NCC(C)N(C)c1ccccc1. The number of ether oxygens (including phenoxy) is 2. The predicted octanol–water partition coefficient (Wildman–Crippen LogP) is 2.94. The second-order valence-electron chi connectivity index (χ2n) is 6.61. The second-order valence-corrected chi connectivity index (χ2v) is 6.61. The summed E-state index contributed by atoms with van der Waals surface area (Å²) >= 11 is 0. The fourth-order valence-corrected chi connectivity index (χ4v) is 2.88. The number of likely N-dealkylation sites (N-methyl/N-ethyl adjacent to an activating group) is 1.